The topological polar surface area (TPSA) is 231 Å². The molecule has 1 N–H and O–H groups in total. The Bertz CT molecular complexity index is 1530. The average molecular weight is 825 g/mol. The van der Waals surface area contributed by atoms with Gasteiger partial charge in [0.25, 0.3) is 0 Å². The monoisotopic (exact) mass is 824 g/mol. The summed E-state index contributed by atoms with van der Waals surface area (Å²) in [5.41, 5.74) is -0.853. The molecule has 0 spiro atoms. The molecule has 0 heterocycles. The second-order valence-corrected chi connectivity index (χ2v) is 16.7. The molecule has 17 nitrogen and oxygen atoms in total. The molecule has 0 saturated heterocycles. The first-order chi connectivity index (χ1) is 27.5. The second-order valence-electron chi connectivity index (χ2n) is 16.7. The first kappa shape index (κ1) is 46.4. The van der Waals surface area contributed by atoms with E-state index in [1.54, 1.807) is 0 Å². The number of carbonyl (C=O) groups is 8. The van der Waals surface area contributed by atoms with Crippen LogP contribution >= 0.6 is 0 Å². The fourth-order valence-electron chi connectivity index (χ4n) is 10.6. The Labute approximate surface area is 338 Å². The van der Waals surface area contributed by atoms with Crippen LogP contribution in [0.1, 0.15) is 104 Å². The van der Waals surface area contributed by atoms with E-state index in [0.29, 0.717) is 38.5 Å². The van der Waals surface area contributed by atoms with Crippen LogP contribution in [0.5, 0.6) is 0 Å². The smallest absolute Gasteiger partial charge is 0.344 e. The number of esters is 8. The SMILES string of the molecule is COC(=O)COC(=O)CCC(=O)OC1CCC2(C)C(C1)CC(OC(=O)CCC(=O)OCC(=O)OC)C1C2CC(O)C2(C)C(C(C)CCC(=O)OCC(=O)OC)CCC12. The second kappa shape index (κ2) is 20.6. The van der Waals surface area contributed by atoms with Gasteiger partial charge in [-0.1, -0.05) is 20.8 Å². The third-order valence-electron chi connectivity index (χ3n) is 13.7. The van der Waals surface area contributed by atoms with E-state index in [2.05, 4.69) is 35.0 Å². The fourth-order valence-corrected chi connectivity index (χ4v) is 10.6. The van der Waals surface area contributed by atoms with Gasteiger partial charge in [0.15, 0.2) is 19.8 Å². The maximum atomic E-state index is 13.5. The molecule has 0 radical (unpaired) electrons. The lowest BCUT2D eigenvalue weighted by molar-refractivity contribution is -0.219. The minimum Gasteiger partial charge on any atom is -0.466 e. The number of hydrogen-bond donors (Lipinski definition) is 1. The lowest BCUT2D eigenvalue weighted by Gasteiger charge is -2.64. The molecule has 4 saturated carbocycles. The number of carbonyl (C=O) groups excluding carboxylic acids is 8. The molecule has 0 aromatic rings. The first-order valence-electron chi connectivity index (χ1n) is 20.2. The standard InChI is InChI=1S/C41H60O17/c1-23(7-10-31(43)54-20-36(48)51-4)26-8-9-27-39-28(19-30(42)41(26,27)3)40(2)16-15-25(57-34(46)13-11-32(44)55-21-37(49)52-5)17-24(40)18-29(39)58-35(47)14-12-33(45)56-22-38(50)53-6/h23-30,39,42H,7-22H2,1-6H3. The lowest BCUT2D eigenvalue weighted by Crippen LogP contribution is -2.63. The van der Waals surface area contributed by atoms with Crippen LogP contribution in [-0.4, -0.2) is 112 Å². The molecular weight excluding hydrogens is 764 g/mol. The molecule has 0 amide bonds. The highest BCUT2D eigenvalue weighted by Crippen LogP contribution is 2.69. The maximum absolute atomic E-state index is 13.5. The predicted molar refractivity (Wildman–Crippen MR) is 198 cm³/mol. The lowest BCUT2D eigenvalue weighted by atomic mass is 9.43. The van der Waals surface area contributed by atoms with E-state index in [4.69, 9.17) is 23.7 Å². The van der Waals surface area contributed by atoms with Crippen LogP contribution in [0.2, 0.25) is 0 Å². The molecule has 0 aliphatic heterocycles. The van der Waals surface area contributed by atoms with Crippen molar-refractivity contribution in [2.75, 3.05) is 41.2 Å². The number of rotatable bonds is 18. The maximum Gasteiger partial charge on any atom is 0.344 e. The van der Waals surface area contributed by atoms with Gasteiger partial charge in [-0.2, -0.15) is 0 Å². The average Bonchev–Trinajstić information content (AvgIpc) is 3.57. The van der Waals surface area contributed by atoms with Gasteiger partial charge in [0.1, 0.15) is 12.2 Å². The quantitative estimate of drug-likeness (QED) is 0.155. The summed E-state index contributed by atoms with van der Waals surface area (Å²) in [6, 6.07) is 0. The van der Waals surface area contributed by atoms with Crippen molar-refractivity contribution in [3.8, 4) is 0 Å². The highest BCUT2D eigenvalue weighted by atomic mass is 16.6. The molecule has 4 aliphatic carbocycles. The van der Waals surface area contributed by atoms with Gasteiger partial charge in [0.05, 0.1) is 53.1 Å². The zero-order valence-corrected chi connectivity index (χ0v) is 34.5. The molecule has 17 heteroatoms. The predicted octanol–water partition coefficient (Wildman–Crippen LogP) is 3.17. The summed E-state index contributed by atoms with van der Waals surface area (Å²) in [4.78, 5) is 97.2. The van der Waals surface area contributed by atoms with Gasteiger partial charge in [-0.05, 0) is 91.8 Å². The molecule has 4 fully saturated rings. The highest BCUT2D eigenvalue weighted by molar-refractivity contribution is 5.81. The van der Waals surface area contributed by atoms with Gasteiger partial charge >= 0.3 is 47.8 Å². The van der Waals surface area contributed by atoms with Gasteiger partial charge in [-0.3, -0.25) is 24.0 Å². The molecular formula is C41H60O17. The summed E-state index contributed by atoms with van der Waals surface area (Å²) in [6.45, 7) is 4.80. The van der Waals surface area contributed by atoms with Crippen molar-refractivity contribution < 1.29 is 81.4 Å². The van der Waals surface area contributed by atoms with E-state index in [-0.39, 0.29) is 73.0 Å². The largest absolute Gasteiger partial charge is 0.466 e. The van der Waals surface area contributed by atoms with Crippen LogP contribution in [0.15, 0.2) is 0 Å². The van der Waals surface area contributed by atoms with Crippen molar-refractivity contribution in [2.45, 2.75) is 123 Å². The summed E-state index contributed by atoms with van der Waals surface area (Å²) in [7, 11) is 3.54. The van der Waals surface area contributed by atoms with Crippen LogP contribution in [-0.2, 0) is 76.3 Å². The molecule has 11 unspecified atom stereocenters. The van der Waals surface area contributed by atoms with Crippen molar-refractivity contribution in [3.05, 3.63) is 0 Å². The Balaban J connectivity index is 1.49. The number of fused-ring (bicyclic) bond motifs is 5. The van der Waals surface area contributed by atoms with E-state index < -0.39 is 91.3 Å². The minimum atomic E-state index is -0.750. The zero-order chi connectivity index (χ0) is 42.8. The molecule has 58 heavy (non-hydrogen) atoms. The summed E-state index contributed by atoms with van der Waals surface area (Å²) in [6.07, 6.45) is 2.05. The molecule has 4 aliphatic rings. The number of ether oxygens (including phenoxy) is 8. The van der Waals surface area contributed by atoms with Crippen molar-refractivity contribution in [1.29, 1.82) is 0 Å². The van der Waals surface area contributed by atoms with Crippen LogP contribution in [0.4, 0.5) is 0 Å². The highest BCUT2D eigenvalue weighted by Gasteiger charge is 2.66. The third-order valence-corrected chi connectivity index (χ3v) is 13.7. The van der Waals surface area contributed by atoms with Gasteiger partial charge < -0.3 is 43.0 Å². The molecule has 4 rings (SSSR count). The van der Waals surface area contributed by atoms with Crippen molar-refractivity contribution in [3.63, 3.8) is 0 Å². The first-order valence-corrected chi connectivity index (χ1v) is 20.2. The van der Waals surface area contributed by atoms with E-state index in [1.807, 2.05) is 0 Å². The van der Waals surface area contributed by atoms with Gasteiger partial charge in [0, 0.05) is 12.3 Å². The summed E-state index contributed by atoms with van der Waals surface area (Å²) in [5, 5.41) is 12.2. The van der Waals surface area contributed by atoms with Crippen LogP contribution < -0.4 is 0 Å². The van der Waals surface area contributed by atoms with Crippen LogP contribution in [0.25, 0.3) is 0 Å². The van der Waals surface area contributed by atoms with Crippen LogP contribution in [0.3, 0.4) is 0 Å². The Hall–Kier alpha value is -4.28. The fraction of sp³-hybridized carbons (Fsp3) is 0.805. The van der Waals surface area contributed by atoms with Crippen molar-refractivity contribution in [1.82, 2.24) is 0 Å². The molecule has 0 bridgehead atoms. The molecule has 326 valence electrons. The van der Waals surface area contributed by atoms with Crippen LogP contribution in [0, 0.1) is 46.3 Å². The molecule has 11 atom stereocenters. The van der Waals surface area contributed by atoms with Gasteiger partial charge in [-0.25, -0.2) is 14.4 Å². The van der Waals surface area contributed by atoms with Crippen molar-refractivity contribution in [2.24, 2.45) is 46.3 Å². The normalized spacial score (nSPS) is 31.4. The van der Waals surface area contributed by atoms with E-state index in [9.17, 15) is 43.5 Å². The Morgan fingerprint density at radius 2 is 1.10 bits per heavy atom. The van der Waals surface area contributed by atoms with Gasteiger partial charge in [-0.15, -0.1) is 0 Å². The summed E-state index contributed by atoms with van der Waals surface area (Å²) in [5.74, 6) is -5.45. The molecule has 0 aromatic heterocycles. The Kier molecular flexibility index (Phi) is 16.5. The molecule has 0 aromatic carbocycles. The van der Waals surface area contributed by atoms with E-state index >= 15 is 0 Å². The zero-order valence-electron chi connectivity index (χ0n) is 34.5. The Morgan fingerprint density at radius 3 is 1.64 bits per heavy atom. The number of hydrogen-bond acceptors (Lipinski definition) is 17. The van der Waals surface area contributed by atoms with Gasteiger partial charge in [0.2, 0.25) is 0 Å². The third kappa shape index (κ3) is 11.3. The number of methoxy groups -OCH3 is 3. The Morgan fingerprint density at radius 1 is 0.603 bits per heavy atom. The number of aliphatic hydroxyl groups is 1. The van der Waals surface area contributed by atoms with E-state index in [1.165, 1.54) is 14.2 Å². The minimum absolute atomic E-state index is 0.0237. The van der Waals surface area contributed by atoms with Crippen molar-refractivity contribution >= 4 is 47.8 Å². The summed E-state index contributed by atoms with van der Waals surface area (Å²) < 4.78 is 40.4. The summed E-state index contributed by atoms with van der Waals surface area (Å²) >= 11 is 0. The van der Waals surface area contributed by atoms with E-state index in [0.717, 1.165) is 20.0 Å². The number of aliphatic hydroxyl groups excluding tert-OH is 1.